The number of fused-ring (bicyclic) bond motifs is 1. The average molecular weight is 330 g/mol. The number of para-hydroxylation sites is 1. The van der Waals surface area contributed by atoms with Crippen LogP contribution in [0.25, 0.3) is 0 Å². The molecule has 0 spiro atoms. The van der Waals surface area contributed by atoms with E-state index in [1.807, 2.05) is 18.2 Å². The summed E-state index contributed by atoms with van der Waals surface area (Å²) in [6.07, 6.45) is 0.940. The molecule has 1 aromatic heterocycles. The molecule has 1 atom stereocenters. The van der Waals surface area contributed by atoms with Gasteiger partial charge in [0.2, 0.25) is 5.91 Å². The van der Waals surface area contributed by atoms with Gasteiger partial charge in [0.1, 0.15) is 4.88 Å². The Bertz CT molecular complexity index is 741. The van der Waals surface area contributed by atoms with Crippen LogP contribution in [0.1, 0.15) is 22.2 Å². The summed E-state index contributed by atoms with van der Waals surface area (Å²) in [6, 6.07) is 10.1. The van der Waals surface area contributed by atoms with E-state index >= 15 is 0 Å². The maximum absolute atomic E-state index is 12.4. The second kappa shape index (κ2) is 6.42. The van der Waals surface area contributed by atoms with Gasteiger partial charge in [-0.1, -0.05) is 18.2 Å². The number of rotatable bonds is 4. The highest BCUT2D eigenvalue weighted by Gasteiger charge is 2.27. The zero-order chi connectivity index (χ0) is 16.4. The number of thiophene rings is 1. The van der Waals surface area contributed by atoms with E-state index < -0.39 is 5.97 Å². The Morgan fingerprint density at radius 1 is 1.35 bits per heavy atom. The number of nitrogens with zero attached hydrogens (tertiary/aromatic N) is 1. The van der Waals surface area contributed by atoms with Crippen molar-refractivity contribution in [3.8, 4) is 0 Å². The highest BCUT2D eigenvalue weighted by atomic mass is 32.1. The molecule has 120 valence electrons. The van der Waals surface area contributed by atoms with Crippen LogP contribution >= 0.6 is 11.3 Å². The molecule has 0 aliphatic carbocycles. The minimum absolute atomic E-state index is 0.142. The summed E-state index contributed by atoms with van der Waals surface area (Å²) in [5, 5.41) is 4.57. The Morgan fingerprint density at radius 2 is 2.13 bits per heavy atom. The molecule has 1 unspecified atom stereocenters. The number of amides is 1. The minimum Gasteiger partial charge on any atom is -0.465 e. The van der Waals surface area contributed by atoms with Crippen LogP contribution in [0.2, 0.25) is 0 Å². The number of carbonyl (C=O) groups excluding carboxylic acids is 2. The summed E-state index contributed by atoms with van der Waals surface area (Å²) in [5.41, 5.74) is 2.87. The Labute approximate surface area is 138 Å². The number of esters is 1. The fraction of sp³-hybridized carbons (Fsp3) is 0.294. The predicted molar refractivity (Wildman–Crippen MR) is 91.2 cm³/mol. The standard InChI is InChI=1S/C17H18N2O3S/c1-11-9-12-5-3-4-6-14(12)19(11)10-15(20)18-13-7-8-23-16(13)17(21)22-2/h3-8,11H,9-10H2,1-2H3,(H,18,20). The first kappa shape index (κ1) is 15.6. The van der Waals surface area contributed by atoms with Gasteiger partial charge in [-0.05, 0) is 36.4 Å². The summed E-state index contributed by atoms with van der Waals surface area (Å²) in [5.74, 6) is -0.577. The molecule has 0 bridgehead atoms. The smallest absolute Gasteiger partial charge is 0.350 e. The van der Waals surface area contributed by atoms with Gasteiger partial charge in [0, 0.05) is 11.7 Å². The van der Waals surface area contributed by atoms with Crippen molar-refractivity contribution in [2.45, 2.75) is 19.4 Å². The lowest BCUT2D eigenvalue weighted by Gasteiger charge is -2.24. The molecule has 1 aliphatic rings. The van der Waals surface area contributed by atoms with E-state index in [0.717, 1.165) is 12.1 Å². The topological polar surface area (TPSA) is 58.6 Å². The van der Waals surface area contributed by atoms with Crippen molar-refractivity contribution < 1.29 is 14.3 Å². The Kier molecular flexibility index (Phi) is 4.34. The summed E-state index contributed by atoms with van der Waals surface area (Å²) in [4.78, 5) is 26.6. The van der Waals surface area contributed by atoms with Crippen LogP contribution in [-0.2, 0) is 16.0 Å². The second-order valence-electron chi connectivity index (χ2n) is 5.51. The Morgan fingerprint density at radius 3 is 2.91 bits per heavy atom. The van der Waals surface area contributed by atoms with E-state index in [-0.39, 0.29) is 18.5 Å². The van der Waals surface area contributed by atoms with Gasteiger partial charge in [-0.25, -0.2) is 4.79 Å². The molecule has 6 heteroatoms. The van der Waals surface area contributed by atoms with Crippen LogP contribution in [0.5, 0.6) is 0 Å². The minimum atomic E-state index is -0.435. The highest BCUT2D eigenvalue weighted by molar-refractivity contribution is 7.12. The van der Waals surface area contributed by atoms with Crippen molar-refractivity contribution in [2.24, 2.45) is 0 Å². The third-order valence-electron chi connectivity index (χ3n) is 3.97. The molecule has 1 aromatic carbocycles. The number of carbonyl (C=O) groups is 2. The Balaban J connectivity index is 1.71. The van der Waals surface area contributed by atoms with Gasteiger partial charge in [0.05, 0.1) is 19.3 Å². The van der Waals surface area contributed by atoms with Gasteiger partial charge in [0.15, 0.2) is 0 Å². The molecular formula is C17H18N2O3S. The summed E-state index contributed by atoms with van der Waals surface area (Å²) in [7, 11) is 1.33. The van der Waals surface area contributed by atoms with Crippen LogP contribution in [0, 0.1) is 0 Å². The maximum Gasteiger partial charge on any atom is 0.350 e. The highest BCUT2D eigenvalue weighted by Crippen LogP contribution is 2.31. The van der Waals surface area contributed by atoms with Crippen molar-refractivity contribution in [1.29, 1.82) is 0 Å². The fourth-order valence-electron chi connectivity index (χ4n) is 2.87. The SMILES string of the molecule is COC(=O)c1sccc1NC(=O)CN1c2ccccc2CC1C. The maximum atomic E-state index is 12.4. The molecule has 0 saturated carbocycles. The third kappa shape index (κ3) is 3.07. The average Bonchev–Trinajstić information content (AvgIpc) is 3.12. The number of ether oxygens (including phenoxy) is 1. The number of hydrogen-bond donors (Lipinski definition) is 1. The first-order chi connectivity index (χ1) is 11.1. The van der Waals surface area contributed by atoms with Crippen molar-refractivity contribution in [1.82, 2.24) is 0 Å². The van der Waals surface area contributed by atoms with Gasteiger partial charge in [-0.15, -0.1) is 11.3 Å². The molecule has 5 nitrogen and oxygen atoms in total. The molecule has 2 heterocycles. The van der Waals surface area contributed by atoms with Gasteiger partial charge in [-0.2, -0.15) is 0 Å². The monoisotopic (exact) mass is 330 g/mol. The van der Waals surface area contributed by atoms with E-state index in [9.17, 15) is 9.59 Å². The molecule has 0 saturated heterocycles. The first-order valence-electron chi connectivity index (χ1n) is 7.40. The van der Waals surface area contributed by atoms with Crippen molar-refractivity contribution in [3.05, 3.63) is 46.2 Å². The number of anilines is 2. The van der Waals surface area contributed by atoms with Crippen molar-refractivity contribution in [2.75, 3.05) is 23.9 Å². The van der Waals surface area contributed by atoms with Crippen molar-refractivity contribution in [3.63, 3.8) is 0 Å². The van der Waals surface area contributed by atoms with Crippen LogP contribution in [-0.4, -0.2) is 31.6 Å². The quantitative estimate of drug-likeness (QED) is 0.876. The van der Waals surface area contributed by atoms with Crippen LogP contribution in [0.15, 0.2) is 35.7 Å². The molecule has 0 fully saturated rings. The number of hydrogen-bond acceptors (Lipinski definition) is 5. The van der Waals surface area contributed by atoms with Crippen molar-refractivity contribution >= 4 is 34.6 Å². The van der Waals surface area contributed by atoms with Crippen LogP contribution in [0.3, 0.4) is 0 Å². The summed E-state index contributed by atoms with van der Waals surface area (Å²) >= 11 is 1.25. The van der Waals surface area contributed by atoms with Gasteiger partial charge < -0.3 is 15.0 Å². The van der Waals surface area contributed by atoms with E-state index in [2.05, 4.69) is 23.2 Å². The van der Waals surface area contributed by atoms with E-state index in [1.165, 1.54) is 24.0 Å². The normalized spacial score (nSPS) is 16.1. The fourth-order valence-corrected chi connectivity index (χ4v) is 3.64. The Hall–Kier alpha value is -2.34. The lowest BCUT2D eigenvalue weighted by molar-refractivity contribution is -0.115. The van der Waals surface area contributed by atoms with E-state index in [1.54, 1.807) is 11.4 Å². The zero-order valence-corrected chi connectivity index (χ0v) is 13.9. The van der Waals surface area contributed by atoms with E-state index in [0.29, 0.717) is 10.6 Å². The number of benzene rings is 1. The summed E-state index contributed by atoms with van der Waals surface area (Å²) < 4.78 is 4.72. The number of nitrogens with one attached hydrogen (secondary N) is 1. The molecule has 23 heavy (non-hydrogen) atoms. The van der Waals surface area contributed by atoms with Crippen LogP contribution in [0.4, 0.5) is 11.4 Å². The van der Waals surface area contributed by atoms with Gasteiger partial charge in [0.25, 0.3) is 0 Å². The van der Waals surface area contributed by atoms with Gasteiger partial charge in [-0.3, -0.25) is 4.79 Å². The molecular weight excluding hydrogens is 312 g/mol. The lowest BCUT2D eigenvalue weighted by atomic mass is 10.1. The summed E-state index contributed by atoms with van der Waals surface area (Å²) in [6.45, 7) is 2.37. The molecule has 1 N–H and O–H groups in total. The number of methoxy groups -OCH3 is 1. The third-order valence-corrected chi connectivity index (χ3v) is 4.87. The lowest BCUT2D eigenvalue weighted by Crippen LogP contribution is -2.37. The van der Waals surface area contributed by atoms with E-state index in [4.69, 9.17) is 4.74 Å². The second-order valence-corrected chi connectivity index (χ2v) is 6.43. The molecule has 2 aromatic rings. The largest absolute Gasteiger partial charge is 0.465 e. The molecule has 0 radical (unpaired) electrons. The van der Waals surface area contributed by atoms with Gasteiger partial charge >= 0.3 is 5.97 Å². The zero-order valence-electron chi connectivity index (χ0n) is 13.0. The molecule has 1 aliphatic heterocycles. The predicted octanol–water partition coefficient (Wildman–Crippen LogP) is 2.92. The first-order valence-corrected chi connectivity index (χ1v) is 8.28. The van der Waals surface area contributed by atoms with Crippen LogP contribution < -0.4 is 10.2 Å². The molecule has 1 amide bonds. The molecule has 3 rings (SSSR count).